The lowest BCUT2D eigenvalue weighted by Gasteiger charge is -2.22. The van der Waals surface area contributed by atoms with Crippen LogP contribution in [0.15, 0.2) is 71.7 Å². The molecule has 0 heterocycles. The van der Waals surface area contributed by atoms with E-state index in [9.17, 15) is 24.6 Å². The molecule has 0 aliphatic heterocycles. The van der Waals surface area contributed by atoms with Crippen LogP contribution in [0.4, 0.5) is 5.69 Å². The standard InChI is InChI=1S/C27H27ClN4O6/c28-23-15-22(38-26(37)19-4-8-21(9-5-19)31-27(29)30)10-6-18(23)7-11-24(34)32(12-13-33)16-17-2-1-3-20(14-17)25(35)36/h1-6,8-10,14-15,33H,7,11-13,16H2,(H,35,36)(H4,29,30,31). The van der Waals surface area contributed by atoms with Crippen molar-refractivity contribution in [2.45, 2.75) is 19.4 Å². The average molecular weight is 539 g/mol. The van der Waals surface area contributed by atoms with Crippen LogP contribution in [0, 0.1) is 0 Å². The summed E-state index contributed by atoms with van der Waals surface area (Å²) in [7, 11) is 0. The molecule has 11 heteroatoms. The minimum absolute atomic E-state index is 0.0941. The highest BCUT2D eigenvalue weighted by atomic mass is 35.5. The average Bonchev–Trinajstić information content (AvgIpc) is 2.88. The molecule has 0 spiro atoms. The summed E-state index contributed by atoms with van der Waals surface area (Å²) in [4.78, 5) is 41.9. The van der Waals surface area contributed by atoms with Crippen LogP contribution < -0.4 is 16.2 Å². The maximum atomic E-state index is 12.9. The van der Waals surface area contributed by atoms with Crippen molar-refractivity contribution >= 4 is 41.1 Å². The number of halogens is 1. The van der Waals surface area contributed by atoms with E-state index in [1.54, 1.807) is 36.4 Å². The number of amides is 1. The number of guanidine groups is 1. The molecule has 0 unspecified atom stereocenters. The molecule has 0 aromatic heterocycles. The lowest BCUT2D eigenvalue weighted by atomic mass is 10.1. The zero-order valence-electron chi connectivity index (χ0n) is 20.3. The monoisotopic (exact) mass is 538 g/mol. The molecule has 1 amide bonds. The Balaban J connectivity index is 1.60. The molecule has 0 bridgehead atoms. The van der Waals surface area contributed by atoms with Gasteiger partial charge in [-0.05, 0) is 66.1 Å². The van der Waals surface area contributed by atoms with Gasteiger partial charge in [-0.25, -0.2) is 14.6 Å². The molecular formula is C27H27ClN4O6. The first kappa shape index (κ1) is 28.2. The third kappa shape index (κ3) is 8.05. The summed E-state index contributed by atoms with van der Waals surface area (Å²) >= 11 is 6.38. The van der Waals surface area contributed by atoms with Crippen molar-refractivity contribution in [2.75, 3.05) is 13.2 Å². The van der Waals surface area contributed by atoms with E-state index < -0.39 is 11.9 Å². The second-order valence-electron chi connectivity index (χ2n) is 8.27. The molecule has 38 heavy (non-hydrogen) atoms. The molecule has 0 radical (unpaired) electrons. The van der Waals surface area contributed by atoms with Gasteiger partial charge >= 0.3 is 11.9 Å². The molecule has 3 rings (SSSR count). The quantitative estimate of drug-likeness (QED) is 0.125. The Labute approximate surface area is 224 Å². The first-order valence-corrected chi connectivity index (χ1v) is 11.9. The largest absolute Gasteiger partial charge is 0.478 e. The predicted molar refractivity (Wildman–Crippen MR) is 143 cm³/mol. The maximum Gasteiger partial charge on any atom is 0.343 e. The van der Waals surface area contributed by atoms with Crippen molar-refractivity contribution in [1.82, 2.24) is 4.90 Å². The molecule has 3 aromatic carbocycles. The Morgan fingerprint density at radius 3 is 2.34 bits per heavy atom. The third-order valence-corrected chi connectivity index (χ3v) is 5.83. The van der Waals surface area contributed by atoms with E-state index in [-0.39, 0.29) is 49.3 Å². The molecule has 0 aliphatic rings. The van der Waals surface area contributed by atoms with Crippen LogP contribution in [-0.2, 0) is 17.8 Å². The normalized spacial score (nSPS) is 10.5. The van der Waals surface area contributed by atoms with Gasteiger partial charge in [0.05, 0.1) is 23.4 Å². The Morgan fingerprint density at radius 2 is 1.71 bits per heavy atom. The number of aliphatic imine (C=N–C) groups is 1. The fourth-order valence-electron chi connectivity index (χ4n) is 3.62. The van der Waals surface area contributed by atoms with Gasteiger partial charge in [0.1, 0.15) is 5.75 Å². The Morgan fingerprint density at radius 1 is 0.974 bits per heavy atom. The minimum atomic E-state index is -1.06. The van der Waals surface area contributed by atoms with Gasteiger partial charge in [-0.15, -0.1) is 0 Å². The number of aliphatic hydroxyl groups is 1. The molecule has 0 aliphatic carbocycles. The second kappa shape index (κ2) is 13.2. The number of aliphatic hydroxyl groups excluding tert-OH is 1. The van der Waals surface area contributed by atoms with E-state index in [1.165, 1.54) is 35.2 Å². The number of hydrogen-bond donors (Lipinski definition) is 4. The molecule has 0 fully saturated rings. The zero-order valence-corrected chi connectivity index (χ0v) is 21.1. The van der Waals surface area contributed by atoms with Crippen LogP contribution in [0.25, 0.3) is 0 Å². The van der Waals surface area contributed by atoms with Crippen LogP contribution in [0.3, 0.4) is 0 Å². The number of aryl methyl sites for hydroxylation is 1. The summed E-state index contributed by atoms with van der Waals surface area (Å²) < 4.78 is 5.39. The highest BCUT2D eigenvalue weighted by Crippen LogP contribution is 2.25. The van der Waals surface area contributed by atoms with Gasteiger partial charge in [0.2, 0.25) is 5.91 Å². The van der Waals surface area contributed by atoms with Gasteiger partial charge in [0.15, 0.2) is 5.96 Å². The van der Waals surface area contributed by atoms with E-state index >= 15 is 0 Å². The van der Waals surface area contributed by atoms with Crippen LogP contribution in [-0.4, -0.2) is 52.1 Å². The fraction of sp³-hybridized carbons (Fsp3) is 0.185. The lowest BCUT2D eigenvalue weighted by molar-refractivity contribution is -0.132. The number of carboxylic acid groups (broad SMARTS) is 1. The summed E-state index contributed by atoms with van der Waals surface area (Å²) in [6.45, 7) is 0.0317. The van der Waals surface area contributed by atoms with E-state index in [0.29, 0.717) is 33.8 Å². The van der Waals surface area contributed by atoms with Crippen molar-refractivity contribution in [1.29, 1.82) is 0 Å². The van der Waals surface area contributed by atoms with Gasteiger partial charge in [0.25, 0.3) is 0 Å². The summed E-state index contributed by atoms with van der Waals surface area (Å²) in [5.74, 6) is -1.73. The zero-order chi connectivity index (χ0) is 27.7. The van der Waals surface area contributed by atoms with E-state index in [4.69, 9.17) is 27.8 Å². The molecule has 0 saturated carbocycles. The smallest absolute Gasteiger partial charge is 0.343 e. The number of aromatic carboxylic acids is 1. The highest BCUT2D eigenvalue weighted by Gasteiger charge is 2.16. The topological polar surface area (TPSA) is 169 Å². The Hall–Kier alpha value is -4.41. The fourth-order valence-corrected chi connectivity index (χ4v) is 3.88. The van der Waals surface area contributed by atoms with E-state index in [2.05, 4.69) is 4.99 Å². The number of esters is 1. The van der Waals surface area contributed by atoms with Gasteiger partial charge in [0, 0.05) is 24.5 Å². The molecular weight excluding hydrogens is 512 g/mol. The summed E-state index contributed by atoms with van der Waals surface area (Å²) in [5.41, 5.74) is 12.9. The van der Waals surface area contributed by atoms with Gasteiger partial charge in [-0.2, -0.15) is 0 Å². The number of nitrogens with zero attached hydrogens (tertiary/aromatic N) is 2. The lowest BCUT2D eigenvalue weighted by Crippen LogP contribution is -2.33. The first-order chi connectivity index (χ1) is 18.2. The number of carboxylic acids is 1. The maximum absolute atomic E-state index is 12.9. The van der Waals surface area contributed by atoms with E-state index in [1.807, 2.05) is 0 Å². The number of nitrogens with two attached hydrogens (primary N) is 2. The number of ether oxygens (including phenoxy) is 1. The predicted octanol–water partition coefficient (Wildman–Crippen LogP) is 3.12. The number of carbonyl (C=O) groups is 3. The summed E-state index contributed by atoms with van der Waals surface area (Å²) in [6.07, 6.45) is 0.425. The third-order valence-electron chi connectivity index (χ3n) is 5.47. The Kier molecular flexibility index (Phi) is 9.80. The van der Waals surface area contributed by atoms with Gasteiger partial charge in [-0.1, -0.05) is 29.8 Å². The number of carbonyl (C=O) groups excluding carboxylic acids is 2. The van der Waals surface area contributed by atoms with Crippen molar-refractivity contribution < 1.29 is 29.3 Å². The Bertz CT molecular complexity index is 1340. The highest BCUT2D eigenvalue weighted by molar-refractivity contribution is 6.31. The van der Waals surface area contributed by atoms with Gasteiger partial charge in [-0.3, -0.25) is 4.79 Å². The molecule has 0 atom stereocenters. The minimum Gasteiger partial charge on any atom is -0.478 e. The summed E-state index contributed by atoms with van der Waals surface area (Å²) in [6, 6.07) is 17.3. The molecule has 3 aromatic rings. The van der Waals surface area contributed by atoms with Gasteiger partial charge < -0.3 is 31.3 Å². The number of hydrogen-bond acceptors (Lipinski definition) is 6. The van der Waals surface area contributed by atoms with Crippen molar-refractivity contribution in [3.63, 3.8) is 0 Å². The van der Waals surface area contributed by atoms with E-state index in [0.717, 1.165) is 0 Å². The summed E-state index contributed by atoms with van der Waals surface area (Å²) in [5, 5.41) is 18.9. The van der Waals surface area contributed by atoms with Crippen molar-refractivity contribution in [2.24, 2.45) is 16.5 Å². The van der Waals surface area contributed by atoms with Crippen LogP contribution in [0.2, 0.25) is 5.02 Å². The number of benzene rings is 3. The molecule has 0 saturated heterocycles. The second-order valence-corrected chi connectivity index (χ2v) is 8.68. The molecule has 198 valence electrons. The number of rotatable bonds is 11. The van der Waals surface area contributed by atoms with Crippen molar-refractivity contribution in [3.05, 3.63) is 94.0 Å². The van der Waals surface area contributed by atoms with Crippen LogP contribution in [0.1, 0.15) is 38.3 Å². The first-order valence-electron chi connectivity index (χ1n) is 11.6. The van der Waals surface area contributed by atoms with Crippen LogP contribution >= 0.6 is 11.6 Å². The van der Waals surface area contributed by atoms with Crippen molar-refractivity contribution in [3.8, 4) is 5.75 Å². The molecule has 10 nitrogen and oxygen atoms in total. The van der Waals surface area contributed by atoms with Crippen LogP contribution in [0.5, 0.6) is 5.75 Å². The SMILES string of the molecule is NC(N)=Nc1ccc(C(=O)Oc2ccc(CCC(=O)N(CCO)Cc3cccc(C(=O)O)c3)c(Cl)c2)cc1. The molecule has 6 N–H and O–H groups in total.